The van der Waals surface area contributed by atoms with Gasteiger partial charge in [0.1, 0.15) is 0 Å². The second-order valence-electron chi connectivity index (χ2n) is 5.12. The number of hydrogen-bond acceptors (Lipinski definition) is 5. The zero-order valence-corrected chi connectivity index (χ0v) is 12.7. The Morgan fingerprint density at radius 2 is 1.87 bits per heavy atom. The van der Waals surface area contributed by atoms with Crippen molar-refractivity contribution >= 4 is 22.4 Å². The highest BCUT2D eigenvalue weighted by Crippen LogP contribution is 2.29. The lowest BCUT2D eigenvalue weighted by Crippen LogP contribution is -2.20. The molecule has 1 aromatic heterocycles. The molecule has 3 aromatic rings. The minimum atomic E-state index is -0.507. The number of esters is 1. The van der Waals surface area contributed by atoms with Crippen molar-refractivity contribution in [2.45, 2.75) is 0 Å². The van der Waals surface area contributed by atoms with E-state index in [4.69, 9.17) is 10.5 Å². The standard InChI is InChI=1S/C17H15N3O3/c1-20-16(21)13-6-4-3-5-11(13)15(19-20)12-8-7-10(18)9-14(12)17(22)23-2/h3-9H,18H2,1-2H3. The first-order valence-electron chi connectivity index (χ1n) is 6.97. The summed E-state index contributed by atoms with van der Waals surface area (Å²) in [6, 6.07) is 12.1. The first-order chi connectivity index (χ1) is 11.0. The Balaban J connectivity index is 2.41. The number of rotatable bonds is 2. The van der Waals surface area contributed by atoms with Crippen LogP contribution in [0.2, 0.25) is 0 Å². The SMILES string of the molecule is COC(=O)c1cc(N)ccc1-c1nn(C)c(=O)c2ccccc12. The lowest BCUT2D eigenvalue weighted by Gasteiger charge is -2.12. The van der Waals surface area contributed by atoms with Crippen molar-refractivity contribution in [2.24, 2.45) is 7.05 Å². The second kappa shape index (κ2) is 5.57. The topological polar surface area (TPSA) is 87.2 Å². The number of nitrogens with zero attached hydrogens (tertiary/aromatic N) is 2. The van der Waals surface area contributed by atoms with Crippen molar-refractivity contribution in [1.82, 2.24) is 9.78 Å². The third kappa shape index (κ3) is 2.44. The maximum atomic E-state index is 12.2. The van der Waals surface area contributed by atoms with Crippen LogP contribution >= 0.6 is 0 Å². The van der Waals surface area contributed by atoms with Gasteiger partial charge in [-0.05, 0) is 24.3 Å². The molecule has 2 aromatic carbocycles. The van der Waals surface area contributed by atoms with E-state index in [0.29, 0.717) is 33.3 Å². The van der Waals surface area contributed by atoms with E-state index in [-0.39, 0.29) is 5.56 Å². The molecular weight excluding hydrogens is 294 g/mol. The van der Waals surface area contributed by atoms with Crippen LogP contribution in [0.3, 0.4) is 0 Å². The number of fused-ring (bicyclic) bond motifs is 1. The molecule has 1 heterocycles. The number of aromatic nitrogens is 2. The predicted octanol–water partition coefficient (Wildman–Crippen LogP) is 1.97. The van der Waals surface area contributed by atoms with Crippen LogP contribution in [-0.4, -0.2) is 22.9 Å². The van der Waals surface area contributed by atoms with E-state index in [2.05, 4.69) is 5.10 Å². The molecule has 0 radical (unpaired) electrons. The van der Waals surface area contributed by atoms with Gasteiger partial charge < -0.3 is 10.5 Å². The van der Waals surface area contributed by atoms with Crippen LogP contribution in [0.5, 0.6) is 0 Å². The molecular formula is C17H15N3O3. The Bertz CT molecular complexity index is 976. The van der Waals surface area contributed by atoms with Crippen molar-refractivity contribution in [3.8, 4) is 11.3 Å². The Hall–Kier alpha value is -3.15. The summed E-state index contributed by atoms with van der Waals surface area (Å²) in [7, 11) is 2.88. The van der Waals surface area contributed by atoms with Crippen LogP contribution in [0, 0.1) is 0 Å². The molecule has 3 rings (SSSR count). The molecule has 0 aliphatic heterocycles. The number of methoxy groups -OCH3 is 1. The maximum Gasteiger partial charge on any atom is 0.338 e. The summed E-state index contributed by atoms with van der Waals surface area (Å²) in [4.78, 5) is 24.3. The minimum absolute atomic E-state index is 0.195. The van der Waals surface area contributed by atoms with Crippen LogP contribution in [0.4, 0.5) is 5.69 Å². The van der Waals surface area contributed by atoms with Gasteiger partial charge in [0, 0.05) is 23.7 Å². The molecule has 0 spiro atoms. The summed E-state index contributed by atoms with van der Waals surface area (Å²) >= 11 is 0. The number of nitrogens with two attached hydrogens (primary N) is 1. The van der Waals surface area contributed by atoms with E-state index < -0.39 is 5.97 Å². The molecule has 2 N–H and O–H groups in total. The number of nitrogen functional groups attached to an aromatic ring is 1. The maximum absolute atomic E-state index is 12.2. The number of carbonyl (C=O) groups excluding carboxylic acids is 1. The van der Waals surface area contributed by atoms with Crippen molar-refractivity contribution < 1.29 is 9.53 Å². The van der Waals surface area contributed by atoms with Gasteiger partial charge in [-0.1, -0.05) is 18.2 Å². The number of anilines is 1. The van der Waals surface area contributed by atoms with Crippen molar-refractivity contribution in [1.29, 1.82) is 0 Å². The summed E-state index contributed by atoms with van der Waals surface area (Å²) < 4.78 is 6.09. The van der Waals surface area contributed by atoms with Crippen LogP contribution < -0.4 is 11.3 Å². The van der Waals surface area contributed by atoms with Crippen LogP contribution in [0.25, 0.3) is 22.0 Å². The molecule has 0 atom stereocenters. The highest BCUT2D eigenvalue weighted by molar-refractivity contribution is 6.03. The van der Waals surface area contributed by atoms with Gasteiger partial charge in [0.25, 0.3) is 5.56 Å². The molecule has 0 amide bonds. The molecule has 116 valence electrons. The lowest BCUT2D eigenvalue weighted by molar-refractivity contribution is 0.0601. The van der Waals surface area contributed by atoms with Gasteiger partial charge in [-0.15, -0.1) is 0 Å². The number of hydrogen-bond donors (Lipinski definition) is 1. The molecule has 6 heteroatoms. The first-order valence-corrected chi connectivity index (χ1v) is 6.97. The number of aryl methyl sites for hydroxylation is 1. The molecule has 0 saturated heterocycles. The Labute approximate surface area is 132 Å². The molecule has 0 saturated carbocycles. The van der Waals surface area contributed by atoms with Gasteiger partial charge in [0.05, 0.1) is 23.8 Å². The van der Waals surface area contributed by atoms with Gasteiger partial charge in [0.15, 0.2) is 0 Å². The van der Waals surface area contributed by atoms with Gasteiger partial charge in [-0.2, -0.15) is 5.10 Å². The summed E-state index contributed by atoms with van der Waals surface area (Å²) in [5.74, 6) is -0.507. The Morgan fingerprint density at radius 3 is 2.57 bits per heavy atom. The number of carbonyl (C=O) groups is 1. The summed E-state index contributed by atoms with van der Waals surface area (Å²) in [5, 5.41) is 5.54. The lowest BCUT2D eigenvalue weighted by atomic mass is 9.99. The summed E-state index contributed by atoms with van der Waals surface area (Å²) in [6.07, 6.45) is 0. The van der Waals surface area contributed by atoms with Gasteiger partial charge in [-0.25, -0.2) is 9.48 Å². The zero-order chi connectivity index (χ0) is 16.6. The highest BCUT2D eigenvalue weighted by atomic mass is 16.5. The molecule has 0 aliphatic rings. The quantitative estimate of drug-likeness (QED) is 0.577. The van der Waals surface area contributed by atoms with E-state index >= 15 is 0 Å². The third-order valence-corrected chi connectivity index (χ3v) is 3.66. The van der Waals surface area contributed by atoms with E-state index in [1.165, 1.54) is 11.8 Å². The largest absolute Gasteiger partial charge is 0.465 e. The van der Waals surface area contributed by atoms with Gasteiger partial charge in [0.2, 0.25) is 0 Å². The summed E-state index contributed by atoms with van der Waals surface area (Å²) in [5.41, 5.74) is 7.44. The van der Waals surface area contributed by atoms with Crippen LogP contribution in [0.15, 0.2) is 47.3 Å². The molecule has 6 nitrogen and oxygen atoms in total. The van der Waals surface area contributed by atoms with Crippen LogP contribution in [0.1, 0.15) is 10.4 Å². The highest BCUT2D eigenvalue weighted by Gasteiger charge is 2.18. The average molecular weight is 309 g/mol. The van der Waals surface area contributed by atoms with E-state index in [0.717, 1.165) is 0 Å². The predicted molar refractivity (Wildman–Crippen MR) is 88.2 cm³/mol. The molecule has 0 aliphatic carbocycles. The first kappa shape index (κ1) is 14.8. The molecule has 0 bridgehead atoms. The monoisotopic (exact) mass is 309 g/mol. The summed E-state index contributed by atoms with van der Waals surface area (Å²) in [6.45, 7) is 0. The Morgan fingerprint density at radius 1 is 1.17 bits per heavy atom. The molecule has 0 fully saturated rings. The van der Waals surface area contributed by atoms with E-state index in [1.54, 1.807) is 43.4 Å². The fourth-order valence-electron chi connectivity index (χ4n) is 2.55. The van der Waals surface area contributed by atoms with Crippen molar-refractivity contribution in [2.75, 3.05) is 12.8 Å². The van der Waals surface area contributed by atoms with E-state index in [9.17, 15) is 9.59 Å². The normalized spacial score (nSPS) is 10.7. The number of benzene rings is 2. The van der Waals surface area contributed by atoms with Crippen LogP contribution in [-0.2, 0) is 11.8 Å². The van der Waals surface area contributed by atoms with Crippen molar-refractivity contribution in [3.63, 3.8) is 0 Å². The second-order valence-corrected chi connectivity index (χ2v) is 5.12. The van der Waals surface area contributed by atoms with E-state index in [1.807, 2.05) is 6.07 Å². The molecule has 0 unspecified atom stereocenters. The minimum Gasteiger partial charge on any atom is -0.465 e. The smallest absolute Gasteiger partial charge is 0.338 e. The number of ether oxygens (including phenoxy) is 1. The Kier molecular flexibility index (Phi) is 3.57. The van der Waals surface area contributed by atoms with Gasteiger partial charge in [-0.3, -0.25) is 4.79 Å². The van der Waals surface area contributed by atoms with Gasteiger partial charge >= 0.3 is 5.97 Å². The van der Waals surface area contributed by atoms with Crippen molar-refractivity contribution in [3.05, 3.63) is 58.4 Å². The molecule has 23 heavy (non-hydrogen) atoms. The fourth-order valence-corrected chi connectivity index (χ4v) is 2.55. The zero-order valence-electron chi connectivity index (χ0n) is 12.7. The third-order valence-electron chi connectivity index (χ3n) is 3.66. The fraction of sp³-hybridized carbons (Fsp3) is 0.118. The average Bonchev–Trinajstić information content (AvgIpc) is 2.57.